The molecule has 2 fully saturated rings. The largest absolute Gasteiger partial charge is 0.342 e. The number of nitrogens with one attached hydrogen (secondary N) is 1. The molecule has 1 unspecified atom stereocenters. The van der Waals surface area contributed by atoms with Gasteiger partial charge in [-0.15, -0.1) is 0 Å². The van der Waals surface area contributed by atoms with Gasteiger partial charge in [0.2, 0.25) is 11.8 Å². The Hall–Kier alpha value is -1.06. The van der Waals surface area contributed by atoms with Crippen molar-refractivity contribution in [3.8, 4) is 0 Å². The van der Waals surface area contributed by atoms with Crippen molar-refractivity contribution in [2.24, 2.45) is 0 Å². The van der Waals surface area contributed by atoms with Crippen LogP contribution in [0.4, 0.5) is 0 Å². The molecule has 0 aromatic heterocycles. The highest BCUT2D eigenvalue weighted by molar-refractivity contribution is 5.99. The van der Waals surface area contributed by atoms with E-state index in [1.54, 1.807) is 11.9 Å². The van der Waals surface area contributed by atoms with Crippen LogP contribution in [0, 0.1) is 0 Å². The van der Waals surface area contributed by atoms with Crippen molar-refractivity contribution in [3.05, 3.63) is 0 Å². The molecule has 1 spiro atoms. The number of amides is 2. The quantitative estimate of drug-likeness (QED) is 0.724. The summed E-state index contributed by atoms with van der Waals surface area (Å²) in [5.41, 5.74) is -0.541. The lowest BCUT2D eigenvalue weighted by Gasteiger charge is -2.48. The van der Waals surface area contributed by atoms with E-state index < -0.39 is 5.54 Å². The smallest absolute Gasteiger partial charge is 0.246 e. The highest BCUT2D eigenvalue weighted by Crippen LogP contribution is 2.35. The Morgan fingerprint density at radius 3 is 2.50 bits per heavy atom. The number of rotatable bonds is 1. The molecule has 90 valence electrons. The predicted octanol–water partition coefficient (Wildman–Crippen LogP) is 1.06. The first kappa shape index (κ1) is 11.4. The van der Waals surface area contributed by atoms with E-state index in [4.69, 9.17) is 0 Å². The molecule has 2 amide bonds. The molecule has 1 saturated carbocycles. The molecule has 16 heavy (non-hydrogen) atoms. The van der Waals surface area contributed by atoms with Crippen molar-refractivity contribution >= 4 is 11.8 Å². The maximum atomic E-state index is 12.2. The van der Waals surface area contributed by atoms with Gasteiger partial charge >= 0.3 is 0 Å². The summed E-state index contributed by atoms with van der Waals surface area (Å²) >= 11 is 0. The van der Waals surface area contributed by atoms with E-state index in [0.29, 0.717) is 6.42 Å². The topological polar surface area (TPSA) is 49.4 Å². The molecule has 0 aromatic rings. The predicted molar refractivity (Wildman–Crippen MR) is 60.8 cm³/mol. The van der Waals surface area contributed by atoms with Gasteiger partial charge in [-0.3, -0.25) is 9.59 Å². The van der Waals surface area contributed by atoms with Crippen molar-refractivity contribution in [2.75, 3.05) is 7.05 Å². The van der Waals surface area contributed by atoms with Crippen LogP contribution >= 0.6 is 0 Å². The molecule has 2 aliphatic rings. The maximum absolute atomic E-state index is 12.2. The average Bonchev–Trinajstić information content (AvgIpc) is 2.33. The molecule has 1 aliphatic carbocycles. The molecule has 1 atom stereocenters. The number of likely N-dealkylation sites (N-methyl/N-ethyl adjacent to an activating group) is 1. The lowest BCUT2D eigenvalue weighted by Crippen LogP contribution is -2.69. The highest BCUT2D eigenvalue weighted by atomic mass is 16.2. The summed E-state index contributed by atoms with van der Waals surface area (Å²) < 4.78 is 0. The monoisotopic (exact) mass is 224 g/mol. The number of hydrogen-bond acceptors (Lipinski definition) is 2. The summed E-state index contributed by atoms with van der Waals surface area (Å²) in [6.07, 6.45) is 5.57. The molecular formula is C12H20N2O2. The van der Waals surface area contributed by atoms with Crippen molar-refractivity contribution in [3.63, 3.8) is 0 Å². The molecule has 4 nitrogen and oxygen atoms in total. The Morgan fingerprint density at radius 2 is 1.94 bits per heavy atom. The molecule has 1 N–H and O–H groups in total. The zero-order chi connectivity index (χ0) is 11.8. The normalized spacial score (nSPS) is 29.4. The lowest BCUT2D eigenvalue weighted by atomic mass is 9.77. The Labute approximate surface area is 96.4 Å². The Balaban J connectivity index is 2.26. The van der Waals surface area contributed by atoms with E-state index >= 15 is 0 Å². The first-order chi connectivity index (χ1) is 7.62. The highest BCUT2D eigenvalue weighted by Gasteiger charge is 2.50. The number of nitrogens with zero attached hydrogens (tertiary/aromatic N) is 1. The third-order valence-corrected chi connectivity index (χ3v) is 4.09. The zero-order valence-electron chi connectivity index (χ0n) is 10.1. The molecule has 0 bridgehead atoms. The molecule has 1 aliphatic heterocycles. The van der Waals surface area contributed by atoms with Crippen LogP contribution in [0.25, 0.3) is 0 Å². The SMILES string of the molecule is CCC1NC(=O)C2(CCCCC2)N(C)C1=O. The van der Waals surface area contributed by atoms with Crippen LogP contribution in [0.3, 0.4) is 0 Å². The van der Waals surface area contributed by atoms with Gasteiger partial charge in [0, 0.05) is 7.05 Å². The summed E-state index contributed by atoms with van der Waals surface area (Å²) in [7, 11) is 1.79. The second-order valence-corrected chi connectivity index (χ2v) is 4.92. The van der Waals surface area contributed by atoms with Gasteiger partial charge in [-0.1, -0.05) is 26.2 Å². The Kier molecular flexibility index (Phi) is 2.91. The van der Waals surface area contributed by atoms with E-state index in [9.17, 15) is 9.59 Å². The van der Waals surface area contributed by atoms with Crippen LogP contribution in [-0.4, -0.2) is 35.3 Å². The lowest BCUT2D eigenvalue weighted by molar-refractivity contribution is -0.157. The molecule has 1 saturated heterocycles. The number of carbonyl (C=O) groups excluding carboxylic acids is 2. The molecular weight excluding hydrogens is 204 g/mol. The van der Waals surface area contributed by atoms with Crippen LogP contribution in [0.15, 0.2) is 0 Å². The molecule has 1 heterocycles. The second-order valence-electron chi connectivity index (χ2n) is 4.92. The fourth-order valence-electron chi connectivity index (χ4n) is 2.93. The van der Waals surface area contributed by atoms with Crippen molar-refractivity contribution < 1.29 is 9.59 Å². The van der Waals surface area contributed by atoms with Crippen LogP contribution in [0.2, 0.25) is 0 Å². The Morgan fingerprint density at radius 1 is 1.31 bits per heavy atom. The van der Waals surface area contributed by atoms with Crippen LogP contribution in [0.5, 0.6) is 0 Å². The third kappa shape index (κ3) is 1.51. The first-order valence-corrected chi connectivity index (χ1v) is 6.20. The van der Waals surface area contributed by atoms with E-state index in [1.807, 2.05) is 6.92 Å². The van der Waals surface area contributed by atoms with Crippen LogP contribution in [-0.2, 0) is 9.59 Å². The second kappa shape index (κ2) is 4.07. The Bertz CT molecular complexity index is 308. The number of piperazine rings is 1. The minimum Gasteiger partial charge on any atom is -0.342 e. The zero-order valence-corrected chi connectivity index (χ0v) is 10.1. The van der Waals surface area contributed by atoms with E-state index in [2.05, 4.69) is 5.32 Å². The van der Waals surface area contributed by atoms with Crippen LogP contribution in [0.1, 0.15) is 45.4 Å². The summed E-state index contributed by atoms with van der Waals surface area (Å²) in [5, 5.41) is 2.88. The third-order valence-electron chi connectivity index (χ3n) is 4.09. The molecule has 0 aromatic carbocycles. The van der Waals surface area contributed by atoms with Gasteiger partial charge in [0.1, 0.15) is 11.6 Å². The maximum Gasteiger partial charge on any atom is 0.246 e. The van der Waals surface area contributed by atoms with Gasteiger partial charge in [-0.05, 0) is 19.3 Å². The summed E-state index contributed by atoms with van der Waals surface area (Å²) in [6.45, 7) is 1.93. The molecule has 4 heteroatoms. The van der Waals surface area contributed by atoms with Crippen molar-refractivity contribution in [2.45, 2.75) is 57.0 Å². The van der Waals surface area contributed by atoms with Crippen molar-refractivity contribution in [1.82, 2.24) is 10.2 Å². The fraction of sp³-hybridized carbons (Fsp3) is 0.833. The van der Waals surface area contributed by atoms with E-state index in [0.717, 1.165) is 25.7 Å². The van der Waals surface area contributed by atoms with E-state index in [-0.39, 0.29) is 17.9 Å². The average molecular weight is 224 g/mol. The van der Waals surface area contributed by atoms with E-state index in [1.165, 1.54) is 6.42 Å². The molecule has 2 rings (SSSR count). The van der Waals surface area contributed by atoms with Crippen molar-refractivity contribution in [1.29, 1.82) is 0 Å². The van der Waals surface area contributed by atoms with Gasteiger partial charge in [-0.25, -0.2) is 0 Å². The van der Waals surface area contributed by atoms with Gasteiger partial charge in [0.05, 0.1) is 0 Å². The summed E-state index contributed by atoms with van der Waals surface area (Å²) in [4.78, 5) is 26.0. The number of carbonyl (C=O) groups is 2. The van der Waals surface area contributed by atoms with Gasteiger partial charge in [0.15, 0.2) is 0 Å². The minimum absolute atomic E-state index is 0.0566. The van der Waals surface area contributed by atoms with Gasteiger partial charge in [0.25, 0.3) is 0 Å². The summed E-state index contributed by atoms with van der Waals surface area (Å²) in [5.74, 6) is 0.130. The first-order valence-electron chi connectivity index (χ1n) is 6.20. The van der Waals surface area contributed by atoms with Gasteiger partial charge < -0.3 is 10.2 Å². The minimum atomic E-state index is -0.541. The van der Waals surface area contributed by atoms with Crippen LogP contribution < -0.4 is 5.32 Å². The molecule has 0 radical (unpaired) electrons. The number of hydrogen-bond donors (Lipinski definition) is 1. The standard InChI is InChI=1S/C12H20N2O2/c1-3-9-10(15)14(2)12(11(16)13-9)7-5-4-6-8-12/h9H,3-8H2,1-2H3,(H,13,16). The van der Waals surface area contributed by atoms with Gasteiger partial charge in [-0.2, -0.15) is 0 Å². The fourth-order valence-corrected chi connectivity index (χ4v) is 2.93. The summed E-state index contributed by atoms with van der Waals surface area (Å²) in [6, 6.07) is -0.315.